The molecule has 1 aromatic heterocycles. The van der Waals surface area contributed by atoms with Crippen molar-refractivity contribution in [3.8, 4) is 0 Å². The van der Waals surface area contributed by atoms with Gasteiger partial charge in [0.05, 0.1) is 5.69 Å². The van der Waals surface area contributed by atoms with Gasteiger partial charge in [-0.25, -0.2) is 0 Å². The largest absolute Gasteiger partial charge is 0.361 e. The highest BCUT2D eigenvalue weighted by Crippen LogP contribution is 2.22. The second-order valence-corrected chi connectivity index (χ2v) is 4.95. The Balaban J connectivity index is 0.00000144. The molecule has 2 heterocycles. The molecule has 1 aromatic rings. The van der Waals surface area contributed by atoms with Crippen molar-refractivity contribution < 1.29 is 4.52 Å². The molecule has 1 aliphatic heterocycles. The molecule has 0 amide bonds. The molecule has 0 aliphatic carbocycles. The number of aryl methyl sites for hydroxylation is 2. The van der Waals surface area contributed by atoms with Crippen LogP contribution in [0.15, 0.2) is 4.52 Å². The highest BCUT2D eigenvalue weighted by atomic mass is 35.5. The summed E-state index contributed by atoms with van der Waals surface area (Å²) in [5.41, 5.74) is 8.19. The number of aromatic nitrogens is 1. The van der Waals surface area contributed by atoms with E-state index in [9.17, 15) is 0 Å². The van der Waals surface area contributed by atoms with Gasteiger partial charge < -0.3 is 10.3 Å². The van der Waals surface area contributed by atoms with Crippen molar-refractivity contribution >= 4 is 12.4 Å². The first kappa shape index (κ1) is 14.5. The average Bonchev–Trinajstić information content (AvgIpc) is 2.80. The van der Waals surface area contributed by atoms with Gasteiger partial charge in [0, 0.05) is 24.7 Å². The number of nitrogens with two attached hydrogens (primary N) is 1. The lowest BCUT2D eigenvalue weighted by Gasteiger charge is -2.17. The summed E-state index contributed by atoms with van der Waals surface area (Å²) in [6.45, 7) is 9.27. The molecule has 0 radical (unpaired) electrons. The van der Waals surface area contributed by atoms with Gasteiger partial charge in [-0.2, -0.15) is 0 Å². The predicted molar refractivity (Wildman–Crippen MR) is 70.3 cm³/mol. The summed E-state index contributed by atoms with van der Waals surface area (Å²) in [5, 5.41) is 3.99. The Hall–Kier alpha value is -0.580. The van der Waals surface area contributed by atoms with Crippen molar-refractivity contribution in [3.05, 3.63) is 17.0 Å². The van der Waals surface area contributed by atoms with E-state index >= 15 is 0 Å². The number of rotatable bonds is 3. The fourth-order valence-corrected chi connectivity index (χ4v) is 2.39. The molecule has 1 aliphatic rings. The van der Waals surface area contributed by atoms with E-state index in [0.717, 1.165) is 31.1 Å². The van der Waals surface area contributed by atoms with Gasteiger partial charge in [0.1, 0.15) is 5.76 Å². The van der Waals surface area contributed by atoms with Gasteiger partial charge in [0.2, 0.25) is 0 Å². The Morgan fingerprint density at radius 1 is 1.53 bits per heavy atom. The van der Waals surface area contributed by atoms with Crippen LogP contribution < -0.4 is 5.73 Å². The lowest BCUT2D eigenvalue weighted by molar-refractivity contribution is 0.305. The maximum absolute atomic E-state index is 5.94. The van der Waals surface area contributed by atoms with Crippen LogP contribution in [0.4, 0.5) is 0 Å². The van der Waals surface area contributed by atoms with E-state index in [1.54, 1.807) is 0 Å². The van der Waals surface area contributed by atoms with E-state index in [-0.39, 0.29) is 12.4 Å². The zero-order chi connectivity index (χ0) is 11.7. The molecule has 4 nitrogen and oxygen atoms in total. The molecule has 2 N–H and O–H groups in total. The van der Waals surface area contributed by atoms with Crippen LogP contribution in [0.3, 0.4) is 0 Å². The van der Waals surface area contributed by atoms with E-state index in [2.05, 4.69) is 17.0 Å². The van der Waals surface area contributed by atoms with Crippen molar-refractivity contribution in [2.75, 3.05) is 13.1 Å². The Bertz CT molecular complexity index is 345. The maximum atomic E-state index is 5.94. The minimum absolute atomic E-state index is 0. The van der Waals surface area contributed by atoms with Gasteiger partial charge in [-0.15, -0.1) is 12.4 Å². The molecule has 2 atom stereocenters. The van der Waals surface area contributed by atoms with Crippen LogP contribution in [0.2, 0.25) is 0 Å². The van der Waals surface area contributed by atoms with Crippen LogP contribution >= 0.6 is 12.4 Å². The van der Waals surface area contributed by atoms with Gasteiger partial charge >= 0.3 is 0 Å². The van der Waals surface area contributed by atoms with E-state index in [4.69, 9.17) is 10.3 Å². The standard InChI is InChI=1S/C12H21N3O.ClH/c1-8(13)11-4-5-15(6-11)7-12-9(2)14-16-10(12)3;/h8,11H,4-7,13H2,1-3H3;1H. The highest BCUT2D eigenvalue weighted by molar-refractivity contribution is 5.85. The first-order chi connectivity index (χ1) is 7.58. The molecule has 0 saturated carbocycles. The molecule has 2 unspecified atom stereocenters. The smallest absolute Gasteiger partial charge is 0.138 e. The second-order valence-electron chi connectivity index (χ2n) is 4.95. The summed E-state index contributed by atoms with van der Waals surface area (Å²) in [4.78, 5) is 2.44. The second kappa shape index (κ2) is 5.85. The molecule has 1 fully saturated rings. The summed E-state index contributed by atoms with van der Waals surface area (Å²) < 4.78 is 5.18. The van der Waals surface area contributed by atoms with Gasteiger partial charge in [-0.05, 0) is 39.7 Å². The first-order valence-electron chi connectivity index (χ1n) is 5.97. The monoisotopic (exact) mass is 259 g/mol. The molecule has 2 rings (SSSR count). The normalized spacial score (nSPS) is 22.5. The molecule has 1 saturated heterocycles. The summed E-state index contributed by atoms with van der Waals surface area (Å²) >= 11 is 0. The Morgan fingerprint density at radius 3 is 2.71 bits per heavy atom. The molecule has 0 bridgehead atoms. The minimum Gasteiger partial charge on any atom is -0.361 e. The molecule has 0 aromatic carbocycles. The zero-order valence-corrected chi connectivity index (χ0v) is 11.6. The van der Waals surface area contributed by atoms with Crippen LogP contribution in [0, 0.1) is 19.8 Å². The third-order valence-electron chi connectivity index (χ3n) is 3.62. The average molecular weight is 260 g/mol. The van der Waals surface area contributed by atoms with Gasteiger partial charge in [0.25, 0.3) is 0 Å². The number of nitrogens with zero attached hydrogens (tertiary/aromatic N) is 2. The molecule has 0 spiro atoms. The van der Waals surface area contributed by atoms with Gasteiger partial charge in [0.15, 0.2) is 0 Å². The molecular weight excluding hydrogens is 238 g/mol. The van der Waals surface area contributed by atoms with E-state index in [1.165, 1.54) is 12.0 Å². The summed E-state index contributed by atoms with van der Waals surface area (Å²) in [5.74, 6) is 1.59. The Morgan fingerprint density at radius 2 is 2.24 bits per heavy atom. The van der Waals surface area contributed by atoms with E-state index in [1.807, 2.05) is 13.8 Å². The van der Waals surface area contributed by atoms with E-state index in [0.29, 0.717) is 12.0 Å². The fraction of sp³-hybridized carbons (Fsp3) is 0.750. The highest BCUT2D eigenvalue weighted by Gasteiger charge is 2.26. The number of halogens is 1. The van der Waals surface area contributed by atoms with Crippen molar-refractivity contribution in [2.24, 2.45) is 11.7 Å². The topological polar surface area (TPSA) is 55.3 Å². The van der Waals surface area contributed by atoms with Crippen molar-refractivity contribution in [2.45, 2.75) is 39.8 Å². The third kappa shape index (κ3) is 3.21. The lowest BCUT2D eigenvalue weighted by Crippen LogP contribution is -2.29. The summed E-state index contributed by atoms with van der Waals surface area (Å²) in [7, 11) is 0. The number of hydrogen-bond acceptors (Lipinski definition) is 4. The van der Waals surface area contributed by atoms with E-state index < -0.39 is 0 Å². The summed E-state index contributed by atoms with van der Waals surface area (Å²) in [6.07, 6.45) is 1.21. The number of likely N-dealkylation sites (tertiary alicyclic amines) is 1. The zero-order valence-electron chi connectivity index (χ0n) is 10.8. The van der Waals surface area contributed by atoms with Crippen molar-refractivity contribution in [3.63, 3.8) is 0 Å². The minimum atomic E-state index is 0. The van der Waals surface area contributed by atoms with Crippen LogP contribution in [0.25, 0.3) is 0 Å². The first-order valence-corrected chi connectivity index (χ1v) is 5.97. The van der Waals surface area contributed by atoms with Crippen molar-refractivity contribution in [1.29, 1.82) is 0 Å². The fourth-order valence-electron chi connectivity index (χ4n) is 2.39. The number of hydrogen-bond donors (Lipinski definition) is 1. The van der Waals surface area contributed by atoms with Gasteiger partial charge in [-0.1, -0.05) is 5.16 Å². The molecule has 5 heteroatoms. The van der Waals surface area contributed by atoms with Crippen LogP contribution in [-0.4, -0.2) is 29.2 Å². The Kier molecular flexibility index (Phi) is 4.98. The molecular formula is C12H22ClN3O. The third-order valence-corrected chi connectivity index (χ3v) is 3.62. The van der Waals surface area contributed by atoms with Crippen LogP contribution in [-0.2, 0) is 6.54 Å². The van der Waals surface area contributed by atoms with Crippen LogP contribution in [0.5, 0.6) is 0 Å². The molecule has 17 heavy (non-hydrogen) atoms. The predicted octanol–water partition coefficient (Wildman–Crippen LogP) is 1.88. The summed E-state index contributed by atoms with van der Waals surface area (Å²) in [6, 6.07) is 0.301. The van der Waals surface area contributed by atoms with Crippen LogP contribution in [0.1, 0.15) is 30.4 Å². The SMILES string of the molecule is Cc1noc(C)c1CN1CCC(C(C)N)C1.Cl. The quantitative estimate of drug-likeness (QED) is 0.901. The molecule has 98 valence electrons. The Labute approximate surface area is 109 Å². The van der Waals surface area contributed by atoms with Crippen molar-refractivity contribution in [1.82, 2.24) is 10.1 Å². The van der Waals surface area contributed by atoms with Gasteiger partial charge in [-0.3, -0.25) is 4.90 Å². The maximum Gasteiger partial charge on any atom is 0.138 e. The lowest BCUT2D eigenvalue weighted by atomic mass is 10.0.